The minimum absolute atomic E-state index is 0.0619. The van der Waals surface area contributed by atoms with E-state index in [-0.39, 0.29) is 24.1 Å². The predicted molar refractivity (Wildman–Crippen MR) is 59.4 cm³/mol. The van der Waals surface area contributed by atoms with E-state index in [0.717, 1.165) is 5.57 Å². The first-order valence-corrected chi connectivity index (χ1v) is 5.16. The molecule has 2 unspecified atom stereocenters. The molecule has 1 fully saturated rings. The Morgan fingerprint density at radius 2 is 2.31 bits per heavy atom. The van der Waals surface area contributed by atoms with Crippen molar-refractivity contribution in [3.05, 3.63) is 44.8 Å². The van der Waals surface area contributed by atoms with Crippen LogP contribution in [0, 0.1) is 12.8 Å². The maximum atomic E-state index is 11.6. The Labute approximate surface area is 92.1 Å². The van der Waals surface area contributed by atoms with E-state index in [2.05, 4.69) is 11.6 Å². The molecule has 1 aromatic rings. The van der Waals surface area contributed by atoms with Gasteiger partial charge in [-0.25, -0.2) is 4.79 Å². The Morgan fingerprint density at radius 1 is 1.62 bits per heavy atom. The number of H-pyrrole nitrogens is 1. The number of aliphatic hydroxyl groups excluding tert-OH is 1. The van der Waals surface area contributed by atoms with E-state index in [1.807, 2.05) is 0 Å². The molecular weight excluding hydrogens is 208 g/mol. The quantitative estimate of drug-likeness (QED) is 0.689. The second-order valence-corrected chi connectivity index (χ2v) is 4.18. The molecule has 2 N–H and O–H groups in total. The number of aryl methyl sites for hydroxylation is 1. The van der Waals surface area contributed by atoms with Gasteiger partial charge >= 0.3 is 5.69 Å². The third kappa shape index (κ3) is 1.53. The van der Waals surface area contributed by atoms with Crippen molar-refractivity contribution in [3.8, 4) is 0 Å². The molecule has 5 heteroatoms. The van der Waals surface area contributed by atoms with Crippen molar-refractivity contribution in [1.82, 2.24) is 9.55 Å². The van der Waals surface area contributed by atoms with E-state index in [1.165, 1.54) is 4.57 Å². The van der Waals surface area contributed by atoms with Crippen LogP contribution in [-0.2, 0) is 0 Å². The molecule has 0 spiro atoms. The number of hydrogen-bond donors (Lipinski definition) is 2. The van der Waals surface area contributed by atoms with Crippen LogP contribution < -0.4 is 11.2 Å². The van der Waals surface area contributed by atoms with Crippen molar-refractivity contribution >= 4 is 0 Å². The molecule has 2 rings (SSSR count). The van der Waals surface area contributed by atoms with Gasteiger partial charge in [0.05, 0.1) is 6.04 Å². The van der Waals surface area contributed by atoms with E-state index >= 15 is 0 Å². The maximum absolute atomic E-state index is 11.6. The van der Waals surface area contributed by atoms with E-state index in [1.54, 1.807) is 13.1 Å². The molecular formula is C11H14N2O3. The Bertz CT molecular complexity index is 541. The lowest BCUT2D eigenvalue weighted by molar-refractivity contribution is 0.176. The number of hydrogen-bond acceptors (Lipinski definition) is 3. The molecule has 1 aliphatic carbocycles. The Morgan fingerprint density at radius 3 is 2.88 bits per heavy atom. The number of nitrogens with one attached hydrogen (secondary N) is 1. The summed E-state index contributed by atoms with van der Waals surface area (Å²) >= 11 is 0. The van der Waals surface area contributed by atoms with Gasteiger partial charge in [0.2, 0.25) is 0 Å². The number of aromatic nitrogens is 2. The maximum Gasteiger partial charge on any atom is 0.328 e. The summed E-state index contributed by atoms with van der Waals surface area (Å²) in [6.45, 7) is 5.57. The zero-order valence-corrected chi connectivity index (χ0v) is 9.06. The van der Waals surface area contributed by atoms with Crippen molar-refractivity contribution < 1.29 is 5.11 Å². The standard InChI is InChI=1S/C11H14N2O3/c1-6-4-13(11(16)12-10(6)15)9-3-8(5-14)7(9)2/h4,8-9,14H,2-3,5H2,1H3,(H,12,15,16). The van der Waals surface area contributed by atoms with Gasteiger partial charge in [-0.3, -0.25) is 14.3 Å². The number of aliphatic hydroxyl groups is 1. The van der Waals surface area contributed by atoms with E-state index in [0.29, 0.717) is 12.0 Å². The summed E-state index contributed by atoms with van der Waals surface area (Å²) in [5.41, 5.74) is 0.568. The molecule has 0 amide bonds. The highest BCUT2D eigenvalue weighted by Crippen LogP contribution is 2.40. The van der Waals surface area contributed by atoms with Crippen molar-refractivity contribution in [1.29, 1.82) is 0 Å². The summed E-state index contributed by atoms with van der Waals surface area (Å²) < 4.78 is 1.48. The second-order valence-electron chi connectivity index (χ2n) is 4.18. The summed E-state index contributed by atoms with van der Waals surface area (Å²) in [5.74, 6) is 0.0733. The first kappa shape index (κ1) is 10.9. The minimum atomic E-state index is -0.418. The molecule has 0 aromatic carbocycles. The second kappa shape index (κ2) is 3.75. The molecule has 2 atom stereocenters. The zero-order chi connectivity index (χ0) is 11.9. The highest BCUT2D eigenvalue weighted by molar-refractivity contribution is 5.20. The van der Waals surface area contributed by atoms with Crippen molar-refractivity contribution in [2.24, 2.45) is 5.92 Å². The molecule has 1 aliphatic rings. The van der Waals surface area contributed by atoms with E-state index < -0.39 is 5.69 Å². The molecule has 0 aliphatic heterocycles. The Balaban J connectivity index is 2.37. The summed E-state index contributed by atoms with van der Waals surface area (Å²) in [6, 6.07) is -0.0970. The summed E-state index contributed by atoms with van der Waals surface area (Å²) in [4.78, 5) is 25.0. The van der Waals surface area contributed by atoms with Crippen molar-refractivity contribution in [2.75, 3.05) is 6.61 Å². The van der Waals surface area contributed by atoms with Gasteiger partial charge in [0, 0.05) is 24.3 Å². The van der Waals surface area contributed by atoms with E-state index in [4.69, 9.17) is 5.11 Å². The normalized spacial score (nSPS) is 24.2. The van der Waals surface area contributed by atoms with E-state index in [9.17, 15) is 9.59 Å². The van der Waals surface area contributed by atoms with Gasteiger partial charge in [-0.2, -0.15) is 0 Å². The average molecular weight is 222 g/mol. The van der Waals surface area contributed by atoms with Crippen LogP contribution in [0.3, 0.4) is 0 Å². The first-order valence-electron chi connectivity index (χ1n) is 5.16. The third-order valence-corrected chi connectivity index (χ3v) is 3.16. The lowest BCUT2D eigenvalue weighted by Gasteiger charge is -2.38. The zero-order valence-electron chi connectivity index (χ0n) is 9.06. The fourth-order valence-corrected chi connectivity index (χ4v) is 1.99. The monoisotopic (exact) mass is 222 g/mol. The van der Waals surface area contributed by atoms with Crippen LogP contribution in [0.4, 0.5) is 0 Å². The van der Waals surface area contributed by atoms with Crippen LogP contribution in [0.15, 0.2) is 27.9 Å². The fraction of sp³-hybridized carbons (Fsp3) is 0.455. The average Bonchev–Trinajstić information content (AvgIpc) is 2.24. The highest BCUT2D eigenvalue weighted by Gasteiger charge is 2.34. The summed E-state index contributed by atoms with van der Waals surface area (Å²) in [5, 5.41) is 8.98. The van der Waals surface area contributed by atoms with Gasteiger partial charge in [-0.05, 0) is 18.9 Å². The van der Waals surface area contributed by atoms with Crippen LogP contribution in [0.1, 0.15) is 18.0 Å². The summed E-state index contributed by atoms with van der Waals surface area (Å²) in [7, 11) is 0. The predicted octanol–water partition coefficient (Wildman–Crippen LogP) is -0.0455. The van der Waals surface area contributed by atoms with Crippen LogP contribution in [-0.4, -0.2) is 21.3 Å². The number of rotatable bonds is 2. The molecule has 1 saturated carbocycles. The van der Waals surface area contributed by atoms with Gasteiger partial charge in [0.15, 0.2) is 0 Å². The van der Waals surface area contributed by atoms with Crippen molar-refractivity contribution in [2.45, 2.75) is 19.4 Å². The molecule has 0 saturated heterocycles. The molecule has 1 heterocycles. The van der Waals surface area contributed by atoms with Crippen LogP contribution in [0.2, 0.25) is 0 Å². The van der Waals surface area contributed by atoms with Gasteiger partial charge in [0.1, 0.15) is 0 Å². The SMILES string of the molecule is C=C1C(CO)CC1n1cc(C)c(=O)[nH]c1=O. The lowest BCUT2D eigenvalue weighted by atomic mass is 9.76. The number of nitrogens with zero attached hydrogens (tertiary/aromatic N) is 1. The highest BCUT2D eigenvalue weighted by atomic mass is 16.3. The van der Waals surface area contributed by atoms with Gasteiger partial charge in [-0.15, -0.1) is 0 Å². The Hall–Kier alpha value is -1.62. The smallest absolute Gasteiger partial charge is 0.328 e. The molecule has 16 heavy (non-hydrogen) atoms. The topological polar surface area (TPSA) is 75.1 Å². The van der Waals surface area contributed by atoms with Crippen LogP contribution in [0.5, 0.6) is 0 Å². The fourth-order valence-electron chi connectivity index (χ4n) is 1.99. The molecule has 5 nitrogen and oxygen atoms in total. The van der Waals surface area contributed by atoms with Gasteiger partial charge in [0.25, 0.3) is 5.56 Å². The molecule has 86 valence electrons. The molecule has 0 radical (unpaired) electrons. The largest absolute Gasteiger partial charge is 0.396 e. The van der Waals surface area contributed by atoms with Crippen LogP contribution >= 0.6 is 0 Å². The van der Waals surface area contributed by atoms with Gasteiger partial charge in [-0.1, -0.05) is 6.58 Å². The molecule has 0 bridgehead atoms. The number of aromatic amines is 1. The lowest BCUT2D eigenvalue weighted by Crippen LogP contribution is -2.40. The molecule has 1 aromatic heterocycles. The minimum Gasteiger partial charge on any atom is -0.396 e. The Kier molecular flexibility index (Phi) is 2.55. The first-order chi connectivity index (χ1) is 7.54. The van der Waals surface area contributed by atoms with Crippen LogP contribution in [0.25, 0.3) is 0 Å². The van der Waals surface area contributed by atoms with Crippen molar-refractivity contribution in [3.63, 3.8) is 0 Å². The van der Waals surface area contributed by atoms with Gasteiger partial charge < -0.3 is 5.11 Å². The third-order valence-electron chi connectivity index (χ3n) is 3.16. The summed E-state index contributed by atoms with van der Waals surface area (Å²) in [6.07, 6.45) is 2.24.